The Labute approximate surface area is 86.7 Å². The second-order valence-electron chi connectivity index (χ2n) is 2.77. The predicted octanol–water partition coefficient (Wildman–Crippen LogP) is 3.36. The maximum atomic E-state index is 9.44. The van der Waals surface area contributed by atoms with Gasteiger partial charge in [0, 0.05) is 11.6 Å². The average Bonchev–Trinajstić information content (AvgIpc) is 2.09. The topological polar surface area (TPSA) is 40.5 Å². The summed E-state index contributed by atoms with van der Waals surface area (Å²) in [7, 11) is 0. The maximum absolute atomic E-state index is 9.44. The minimum atomic E-state index is -0.224. The van der Waals surface area contributed by atoms with Crippen LogP contribution in [0.1, 0.15) is 18.9 Å². The first-order chi connectivity index (χ1) is 6.07. The van der Waals surface area contributed by atoms with Crippen molar-refractivity contribution in [1.82, 2.24) is 0 Å². The van der Waals surface area contributed by atoms with Gasteiger partial charge in [0.15, 0.2) is 11.5 Å². The number of aromatic hydroxyl groups is 2. The molecule has 13 heavy (non-hydrogen) atoms. The van der Waals surface area contributed by atoms with Crippen LogP contribution < -0.4 is 0 Å². The van der Waals surface area contributed by atoms with Gasteiger partial charge in [-0.05, 0) is 6.42 Å². The Morgan fingerprint density at radius 1 is 1.31 bits per heavy atom. The van der Waals surface area contributed by atoms with E-state index in [1.807, 2.05) is 6.92 Å². The standard InChI is InChI=1S/C9H10Cl2O2/c1-2-3-5-8(11)6(10)4-7(12)9(5)13/h4,12-13H,2-3H2,1H3. The molecule has 1 aromatic carbocycles. The average molecular weight is 221 g/mol. The predicted molar refractivity (Wildman–Crippen MR) is 53.8 cm³/mol. The highest BCUT2D eigenvalue weighted by atomic mass is 35.5. The summed E-state index contributed by atoms with van der Waals surface area (Å²) in [5.41, 5.74) is 0.508. The van der Waals surface area contributed by atoms with Gasteiger partial charge in [-0.2, -0.15) is 0 Å². The maximum Gasteiger partial charge on any atom is 0.162 e. The van der Waals surface area contributed by atoms with Crippen LogP contribution in [0.4, 0.5) is 0 Å². The van der Waals surface area contributed by atoms with Crippen LogP contribution in [-0.4, -0.2) is 10.2 Å². The van der Waals surface area contributed by atoms with Gasteiger partial charge in [-0.1, -0.05) is 36.5 Å². The molecule has 0 saturated heterocycles. The van der Waals surface area contributed by atoms with Gasteiger partial charge >= 0.3 is 0 Å². The molecule has 0 fully saturated rings. The highest BCUT2D eigenvalue weighted by Gasteiger charge is 2.13. The van der Waals surface area contributed by atoms with Crippen molar-refractivity contribution < 1.29 is 10.2 Å². The molecular formula is C9H10Cl2O2. The Balaban J connectivity index is 3.28. The van der Waals surface area contributed by atoms with Gasteiger partial charge in [0.25, 0.3) is 0 Å². The zero-order chi connectivity index (χ0) is 10.0. The van der Waals surface area contributed by atoms with E-state index in [4.69, 9.17) is 23.2 Å². The lowest BCUT2D eigenvalue weighted by atomic mass is 10.1. The second-order valence-corrected chi connectivity index (χ2v) is 3.55. The van der Waals surface area contributed by atoms with Crippen LogP contribution >= 0.6 is 23.2 Å². The van der Waals surface area contributed by atoms with Crippen molar-refractivity contribution in [1.29, 1.82) is 0 Å². The highest BCUT2D eigenvalue weighted by molar-refractivity contribution is 6.42. The van der Waals surface area contributed by atoms with Crippen LogP contribution in [0, 0.1) is 0 Å². The van der Waals surface area contributed by atoms with E-state index in [0.29, 0.717) is 17.0 Å². The van der Waals surface area contributed by atoms with E-state index in [-0.39, 0.29) is 16.5 Å². The fourth-order valence-electron chi connectivity index (χ4n) is 1.13. The molecule has 1 aromatic rings. The first-order valence-corrected chi connectivity index (χ1v) is 4.72. The van der Waals surface area contributed by atoms with Gasteiger partial charge in [0.2, 0.25) is 0 Å². The Hall–Kier alpha value is -0.600. The first kappa shape index (κ1) is 10.5. The van der Waals surface area contributed by atoms with Gasteiger partial charge < -0.3 is 10.2 Å². The van der Waals surface area contributed by atoms with Gasteiger partial charge in [0.1, 0.15) is 0 Å². The summed E-state index contributed by atoms with van der Waals surface area (Å²) < 4.78 is 0. The number of halogens is 2. The Kier molecular flexibility index (Phi) is 3.28. The smallest absolute Gasteiger partial charge is 0.162 e. The monoisotopic (exact) mass is 220 g/mol. The quantitative estimate of drug-likeness (QED) is 0.751. The van der Waals surface area contributed by atoms with Crippen molar-refractivity contribution >= 4 is 23.2 Å². The fourth-order valence-corrected chi connectivity index (χ4v) is 1.59. The third-order valence-electron chi connectivity index (χ3n) is 1.77. The Bertz CT molecular complexity index is 298. The number of phenols is 2. The normalized spacial score (nSPS) is 10.4. The minimum absolute atomic E-state index is 0.170. The van der Waals surface area contributed by atoms with Gasteiger partial charge in [-0.25, -0.2) is 0 Å². The summed E-state index contributed by atoms with van der Waals surface area (Å²) in [4.78, 5) is 0. The number of hydrogen-bond donors (Lipinski definition) is 2. The summed E-state index contributed by atoms with van der Waals surface area (Å²) >= 11 is 11.6. The van der Waals surface area contributed by atoms with Crippen LogP contribution in [0.15, 0.2) is 6.07 Å². The molecule has 4 heteroatoms. The molecule has 0 aliphatic carbocycles. The zero-order valence-electron chi connectivity index (χ0n) is 7.14. The van der Waals surface area contributed by atoms with Crippen molar-refractivity contribution in [2.24, 2.45) is 0 Å². The van der Waals surface area contributed by atoms with Gasteiger partial charge in [-0.15, -0.1) is 0 Å². The van der Waals surface area contributed by atoms with Crippen LogP contribution in [0.3, 0.4) is 0 Å². The molecular weight excluding hydrogens is 211 g/mol. The molecule has 0 aliphatic rings. The minimum Gasteiger partial charge on any atom is -0.504 e. The van der Waals surface area contributed by atoms with E-state index >= 15 is 0 Å². The fraction of sp³-hybridized carbons (Fsp3) is 0.333. The molecule has 0 bridgehead atoms. The molecule has 0 heterocycles. The van der Waals surface area contributed by atoms with Crippen molar-refractivity contribution in [3.05, 3.63) is 21.7 Å². The van der Waals surface area contributed by atoms with Crippen LogP contribution in [0.2, 0.25) is 10.0 Å². The number of rotatable bonds is 2. The molecule has 2 N–H and O–H groups in total. The van der Waals surface area contributed by atoms with E-state index in [2.05, 4.69) is 0 Å². The van der Waals surface area contributed by atoms with Crippen LogP contribution in [0.25, 0.3) is 0 Å². The Morgan fingerprint density at radius 2 is 1.92 bits per heavy atom. The largest absolute Gasteiger partial charge is 0.504 e. The van der Waals surface area contributed by atoms with Gasteiger partial charge in [0.05, 0.1) is 10.0 Å². The summed E-state index contributed by atoms with van der Waals surface area (Å²) in [6.07, 6.45) is 1.42. The van der Waals surface area contributed by atoms with Crippen LogP contribution in [0.5, 0.6) is 11.5 Å². The van der Waals surface area contributed by atoms with Crippen LogP contribution in [-0.2, 0) is 6.42 Å². The van der Waals surface area contributed by atoms with Crippen molar-refractivity contribution in [2.75, 3.05) is 0 Å². The van der Waals surface area contributed by atoms with E-state index in [0.717, 1.165) is 6.42 Å². The molecule has 0 aromatic heterocycles. The molecule has 72 valence electrons. The lowest BCUT2D eigenvalue weighted by Crippen LogP contribution is -1.87. The first-order valence-electron chi connectivity index (χ1n) is 3.96. The molecule has 0 saturated carbocycles. The summed E-state index contributed by atoms with van der Waals surface area (Å²) in [6.45, 7) is 1.95. The molecule has 2 nitrogen and oxygen atoms in total. The number of benzene rings is 1. The lowest BCUT2D eigenvalue weighted by Gasteiger charge is -2.08. The summed E-state index contributed by atoms with van der Waals surface area (Å²) in [6, 6.07) is 1.23. The Morgan fingerprint density at radius 3 is 2.46 bits per heavy atom. The van der Waals surface area contributed by atoms with E-state index in [1.54, 1.807) is 0 Å². The number of hydrogen-bond acceptors (Lipinski definition) is 2. The van der Waals surface area contributed by atoms with E-state index < -0.39 is 0 Å². The molecule has 0 amide bonds. The zero-order valence-corrected chi connectivity index (χ0v) is 8.65. The molecule has 0 spiro atoms. The highest BCUT2D eigenvalue weighted by Crippen LogP contribution is 2.39. The molecule has 1 rings (SSSR count). The molecule has 0 radical (unpaired) electrons. The molecule has 0 aliphatic heterocycles. The SMILES string of the molecule is CCCc1c(O)c(O)cc(Cl)c1Cl. The third kappa shape index (κ3) is 2.01. The summed E-state index contributed by atoms with van der Waals surface area (Å²) in [5.74, 6) is -0.394. The van der Waals surface area contributed by atoms with Crippen molar-refractivity contribution in [3.63, 3.8) is 0 Å². The van der Waals surface area contributed by atoms with Crippen molar-refractivity contribution in [3.8, 4) is 11.5 Å². The van der Waals surface area contributed by atoms with E-state index in [1.165, 1.54) is 6.07 Å². The molecule has 0 unspecified atom stereocenters. The van der Waals surface area contributed by atoms with E-state index in [9.17, 15) is 10.2 Å². The van der Waals surface area contributed by atoms with Crippen molar-refractivity contribution in [2.45, 2.75) is 19.8 Å². The number of phenolic OH excluding ortho intramolecular Hbond substituents is 2. The second kappa shape index (κ2) is 4.07. The summed E-state index contributed by atoms with van der Waals surface area (Å²) in [5, 5.41) is 19.3. The lowest BCUT2D eigenvalue weighted by molar-refractivity contribution is 0.399. The third-order valence-corrected chi connectivity index (χ3v) is 2.59. The molecule has 0 atom stereocenters. The van der Waals surface area contributed by atoms with Gasteiger partial charge in [-0.3, -0.25) is 0 Å².